The van der Waals surface area contributed by atoms with Gasteiger partial charge < -0.3 is 5.32 Å². The maximum absolute atomic E-state index is 3.52. The van der Waals surface area contributed by atoms with Gasteiger partial charge in [-0.15, -0.1) is 0 Å². The third-order valence-corrected chi connectivity index (χ3v) is 3.84. The van der Waals surface area contributed by atoms with Crippen LogP contribution in [0.3, 0.4) is 0 Å². The highest BCUT2D eigenvalue weighted by Crippen LogP contribution is 2.28. The van der Waals surface area contributed by atoms with Crippen molar-refractivity contribution in [1.29, 1.82) is 0 Å². The lowest BCUT2D eigenvalue weighted by molar-refractivity contribution is 0.504. The average molecular weight is 233 g/mol. The van der Waals surface area contributed by atoms with Crippen LogP contribution in [0.15, 0.2) is 24.3 Å². The summed E-state index contributed by atoms with van der Waals surface area (Å²) in [6.07, 6.45) is 2.32. The molecule has 0 heterocycles. The van der Waals surface area contributed by atoms with Crippen LogP contribution >= 0.6 is 0 Å². The lowest BCUT2D eigenvalue weighted by Crippen LogP contribution is -2.20. The lowest BCUT2D eigenvalue weighted by Gasteiger charge is -2.24. The van der Waals surface area contributed by atoms with Gasteiger partial charge in [-0.2, -0.15) is 0 Å². The maximum atomic E-state index is 3.52. The van der Waals surface area contributed by atoms with Crippen molar-refractivity contribution in [2.75, 3.05) is 6.54 Å². The fraction of sp³-hybridized carbons (Fsp3) is 0.625. The van der Waals surface area contributed by atoms with Gasteiger partial charge in [0.15, 0.2) is 0 Å². The summed E-state index contributed by atoms with van der Waals surface area (Å²) in [6.45, 7) is 12.3. The van der Waals surface area contributed by atoms with Crippen molar-refractivity contribution in [3.63, 3.8) is 0 Å². The van der Waals surface area contributed by atoms with Gasteiger partial charge in [0.1, 0.15) is 0 Å². The summed E-state index contributed by atoms with van der Waals surface area (Å²) < 4.78 is 0. The van der Waals surface area contributed by atoms with Gasteiger partial charge in [-0.05, 0) is 35.9 Å². The van der Waals surface area contributed by atoms with Gasteiger partial charge in [-0.3, -0.25) is 0 Å². The van der Waals surface area contributed by atoms with Gasteiger partial charge in [-0.25, -0.2) is 0 Å². The molecule has 1 unspecified atom stereocenters. The summed E-state index contributed by atoms with van der Waals surface area (Å²) in [7, 11) is 0. The number of rotatable bonds is 6. The van der Waals surface area contributed by atoms with Gasteiger partial charge in [0, 0.05) is 6.04 Å². The van der Waals surface area contributed by atoms with Crippen LogP contribution in [0.25, 0.3) is 0 Å². The van der Waals surface area contributed by atoms with Gasteiger partial charge >= 0.3 is 0 Å². The molecule has 0 spiro atoms. The highest BCUT2D eigenvalue weighted by molar-refractivity contribution is 5.29. The largest absolute Gasteiger partial charge is 0.310 e. The van der Waals surface area contributed by atoms with Crippen molar-refractivity contribution in [3.8, 4) is 0 Å². The van der Waals surface area contributed by atoms with Crippen LogP contribution in [-0.2, 0) is 5.41 Å². The molecule has 0 aliphatic rings. The van der Waals surface area contributed by atoms with E-state index in [9.17, 15) is 0 Å². The zero-order valence-corrected chi connectivity index (χ0v) is 12.0. The predicted molar refractivity (Wildman–Crippen MR) is 76.5 cm³/mol. The van der Waals surface area contributed by atoms with Crippen molar-refractivity contribution >= 4 is 0 Å². The van der Waals surface area contributed by atoms with Crippen LogP contribution in [-0.4, -0.2) is 6.54 Å². The molecule has 0 aliphatic heterocycles. The van der Waals surface area contributed by atoms with Crippen LogP contribution < -0.4 is 5.32 Å². The molecule has 1 nitrogen and oxygen atoms in total. The second-order valence-corrected chi connectivity index (χ2v) is 5.38. The Morgan fingerprint density at radius 1 is 1.06 bits per heavy atom. The van der Waals surface area contributed by atoms with E-state index in [1.54, 1.807) is 0 Å². The Labute approximate surface area is 107 Å². The predicted octanol–water partition coefficient (Wildman–Crippen LogP) is 4.43. The third kappa shape index (κ3) is 3.57. The van der Waals surface area contributed by atoms with E-state index in [-0.39, 0.29) is 0 Å². The molecule has 0 amide bonds. The Bertz CT molecular complexity index is 324. The minimum Gasteiger partial charge on any atom is -0.310 e. The summed E-state index contributed by atoms with van der Waals surface area (Å²) in [4.78, 5) is 0. The normalized spacial score (nSPS) is 13.7. The second-order valence-electron chi connectivity index (χ2n) is 5.38. The van der Waals surface area contributed by atoms with E-state index in [2.05, 4.69) is 64.2 Å². The van der Waals surface area contributed by atoms with Crippen molar-refractivity contribution in [1.82, 2.24) is 5.32 Å². The SMILES string of the molecule is CCNC(CC)c1ccc(C(C)(C)CC)cc1. The summed E-state index contributed by atoms with van der Waals surface area (Å²) in [6, 6.07) is 9.64. The molecule has 17 heavy (non-hydrogen) atoms. The summed E-state index contributed by atoms with van der Waals surface area (Å²) >= 11 is 0. The Morgan fingerprint density at radius 3 is 2.06 bits per heavy atom. The Hall–Kier alpha value is -0.820. The molecule has 0 radical (unpaired) electrons. The first-order chi connectivity index (χ1) is 8.05. The van der Waals surface area contributed by atoms with E-state index in [4.69, 9.17) is 0 Å². The van der Waals surface area contributed by atoms with Crippen LogP contribution in [0, 0.1) is 0 Å². The van der Waals surface area contributed by atoms with E-state index in [1.165, 1.54) is 17.5 Å². The van der Waals surface area contributed by atoms with E-state index in [0.29, 0.717) is 11.5 Å². The van der Waals surface area contributed by atoms with Gasteiger partial charge in [0.05, 0.1) is 0 Å². The molecule has 0 aromatic heterocycles. The Morgan fingerprint density at radius 2 is 1.65 bits per heavy atom. The number of hydrogen-bond acceptors (Lipinski definition) is 1. The Kier molecular flexibility index (Phi) is 5.20. The Balaban J connectivity index is 2.87. The minimum absolute atomic E-state index is 0.290. The molecule has 1 rings (SSSR count). The molecule has 0 saturated heterocycles. The van der Waals surface area contributed by atoms with E-state index in [0.717, 1.165) is 13.0 Å². The molecule has 1 atom stereocenters. The number of benzene rings is 1. The second kappa shape index (κ2) is 6.20. The maximum Gasteiger partial charge on any atom is 0.0317 e. The van der Waals surface area contributed by atoms with Crippen LogP contribution in [0.5, 0.6) is 0 Å². The molecule has 0 fully saturated rings. The summed E-state index contributed by atoms with van der Waals surface area (Å²) in [5.41, 5.74) is 3.14. The average Bonchev–Trinajstić information content (AvgIpc) is 2.36. The zero-order chi connectivity index (χ0) is 12.9. The lowest BCUT2D eigenvalue weighted by atomic mass is 9.82. The van der Waals surface area contributed by atoms with Gasteiger partial charge in [0.25, 0.3) is 0 Å². The molecule has 1 heteroatoms. The molecule has 0 saturated carbocycles. The third-order valence-electron chi connectivity index (χ3n) is 3.84. The topological polar surface area (TPSA) is 12.0 Å². The monoisotopic (exact) mass is 233 g/mol. The van der Waals surface area contributed by atoms with E-state index >= 15 is 0 Å². The number of nitrogens with one attached hydrogen (secondary N) is 1. The van der Waals surface area contributed by atoms with E-state index < -0.39 is 0 Å². The van der Waals surface area contributed by atoms with Crippen molar-refractivity contribution in [2.45, 2.75) is 58.9 Å². The highest BCUT2D eigenvalue weighted by atomic mass is 14.9. The van der Waals surface area contributed by atoms with Gasteiger partial charge in [0.2, 0.25) is 0 Å². The smallest absolute Gasteiger partial charge is 0.0317 e. The molecule has 1 aromatic rings. The van der Waals surface area contributed by atoms with Crippen LogP contribution in [0.1, 0.15) is 64.6 Å². The van der Waals surface area contributed by atoms with Crippen LogP contribution in [0.2, 0.25) is 0 Å². The quantitative estimate of drug-likeness (QED) is 0.766. The molecule has 96 valence electrons. The first-order valence-corrected chi connectivity index (χ1v) is 6.89. The fourth-order valence-corrected chi connectivity index (χ4v) is 2.12. The van der Waals surface area contributed by atoms with Crippen LogP contribution in [0.4, 0.5) is 0 Å². The molecule has 1 N–H and O–H groups in total. The van der Waals surface area contributed by atoms with Crippen molar-refractivity contribution in [3.05, 3.63) is 35.4 Å². The number of hydrogen-bond donors (Lipinski definition) is 1. The molecule has 1 aromatic carbocycles. The molecular weight excluding hydrogens is 206 g/mol. The first-order valence-electron chi connectivity index (χ1n) is 6.89. The summed E-state index contributed by atoms with van der Waals surface area (Å²) in [5.74, 6) is 0. The van der Waals surface area contributed by atoms with Crippen molar-refractivity contribution in [2.24, 2.45) is 0 Å². The first kappa shape index (κ1) is 14.2. The van der Waals surface area contributed by atoms with Gasteiger partial charge in [-0.1, -0.05) is 58.9 Å². The zero-order valence-electron chi connectivity index (χ0n) is 12.0. The summed E-state index contributed by atoms with van der Waals surface area (Å²) in [5, 5.41) is 3.52. The molecule has 0 aliphatic carbocycles. The molecule has 0 bridgehead atoms. The minimum atomic E-state index is 0.290. The highest BCUT2D eigenvalue weighted by Gasteiger charge is 2.18. The van der Waals surface area contributed by atoms with E-state index in [1.807, 2.05) is 0 Å². The van der Waals surface area contributed by atoms with Crippen molar-refractivity contribution < 1.29 is 0 Å². The fourth-order valence-electron chi connectivity index (χ4n) is 2.12. The standard InChI is InChI=1S/C16H27N/c1-6-15(17-8-3)13-9-11-14(12-10-13)16(4,5)7-2/h9-12,15,17H,6-8H2,1-5H3. The molecular formula is C16H27N.